The molecule has 2 N–H and O–H groups in total. The number of anilines is 2. The second kappa shape index (κ2) is 18.0. The van der Waals surface area contributed by atoms with E-state index in [-0.39, 0.29) is 0 Å². The van der Waals surface area contributed by atoms with Crippen LogP contribution < -0.4 is 10.6 Å². The molecule has 198 valence electrons. The minimum absolute atomic E-state index is 0.489. The molecule has 0 fully saturated rings. The Morgan fingerprint density at radius 2 is 1.69 bits per heavy atom. The Kier molecular flexibility index (Phi) is 15.4. The lowest BCUT2D eigenvalue weighted by Crippen LogP contribution is -2.21. The molecule has 1 aromatic heterocycles. The summed E-state index contributed by atoms with van der Waals surface area (Å²) in [7, 11) is 1.94. The van der Waals surface area contributed by atoms with E-state index in [1.54, 1.807) is 0 Å². The van der Waals surface area contributed by atoms with Gasteiger partial charge in [-0.1, -0.05) is 82.6 Å². The van der Waals surface area contributed by atoms with E-state index in [1.165, 1.54) is 94.1 Å². The highest BCUT2D eigenvalue weighted by Crippen LogP contribution is 2.26. The lowest BCUT2D eigenvalue weighted by atomic mass is 10.0. The largest absolute Gasteiger partial charge is 0.382 e. The predicted octanol–water partition coefficient (Wildman–Crippen LogP) is 8.60. The van der Waals surface area contributed by atoms with Crippen LogP contribution in [0.25, 0.3) is 0 Å². The van der Waals surface area contributed by atoms with Crippen molar-refractivity contribution in [3.8, 4) is 0 Å². The number of nitrogens with zero attached hydrogens (tertiary/aromatic N) is 3. The predicted molar refractivity (Wildman–Crippen MR) is 162 cm³/mol. The summed E-state index contributed by atoms with van der Waals surface area (Å²) in [5.41, 5.74) is 6.98. The van der Waals surface area contributed by atoms with Crippen molar-refractivity contribution in [3.63, 3.8) is 0 Å². The smallest absolute Gasteiger partial charge is 0.150 e. The molecule has 1 aliphatic carbocycles. The van der Waals surface area contributed by atoms with E-state index in [4.69, 9.17) is 18.4 Å². The molecule has 0 aliphatic heterocycles. The standard InChI is InChI=1S/C29H50N4S2/c1-4-33(29-25(2)28(30)31-32(29)3)23-18-20-26(34)19-14-11-9-7-5-6-8-10-12-17-24-35-27-21-15-13-16-22-27/h4,15,21-22,26,34H,1,5-14,16-20,23-24H2,2-3H3,(H2,30,31). The number of hydrogen-bond acceptors (Lipinski definition) is 5. The Hall–Kier alpha value is -1.27. The maximum atomic E-state index is 5.96. The summed E-state index contributed by atoms with van der Waals surface area (Å²) in [6.07, 6.45) is 28.6. The number of thiol groups is 1. The Morgan fingerprint density at radius 1 is 1.06 bits per heavy atom. The second-order valence-corrected chi connectivity index (χ2v) is 11.8. The topological polar surface area (TPSA) is 47.1 Å². The van der Waals surface area contributed by atoms with E-state index in [9.17, 15) is 0 Å². The number of aryl methyl sites for hydroxylation is 1. The summed E-state index contributed by atoms with van der Waals surface area (Å²) >= 11 is 6.88. The number of hydrogen-bond donors (Lipinski definition) is 2. The molecule has 0 radical (unpaired) electrons. The maximum Gasteiger partial charge on any atom is 0.150 e. The van der Waals surface area contributed by atoms with Crippen LogP contribution in [-0.4, -0.2) is 27.3 Å². The minimum Gasteiger partial charge on any atom is -0.382 e. The molecule has 2 rings (SSSR count). The van der Waals surface area contributed by atoms with Crippen LogP contribution in [0.5, 0.6) is 0 Å². The van der Waals surface area contributed by atoms with Crippen molar-refractivity contribution in [2.45, 2.75) is 108 Å². The molecule has 1 aromatic rings. The summed E-state index contributed by atoms with van der Waals surface area (Å²) in [6.45, 7) is 6.92. The van der Waals surface area contributed by atoms with Gasteiger partial charge in [0, 0.05) is 29.3 Å². The van der Waals surface area contributed by atoms with Crippen molar-refractivity contribution in [1.29, 1.82) is 0 Å². The molecule has 0 saturated carbocycles. The molecule has 6 heteroatoms. The molecule has 0 bridgehead atoms. The van der Waals surface area contributed by atoms with Gasteiger partial charge in [-0.05, 0) is 57.4 Å². The molecular formula is C29H50N4S2. The summed E-state index contributed by atoms with van der Waals surface area (Å²) in [5, 5.41) is 4.81. The van der Waals surface area contributed by atoms with Gasteiger partial charge in [0.25, 0.3) is 0 Å². The van der Waals surface area contributed by atoms with Gasteiger partial charge < -0.3 is 10.6 Å². The fourth-order valence-electron chi connectivity index (χ4n) is 4.75. The zero-order chi connectivity index (χ0) is 25.3. The summed E-state index contributed by atoms with van der Waals surface area (Å²) in [4.78, 5) is 3.65. The third-order valence-corrected chi connectivity index (χ3v) is 8.52. The molecule has 1 atom stereocenters. The SMILES string of the molecule is C=CN(CCCC(S)CCCCCCCCCCCCSC1=CCCC=C1)c1c(C)c(N)nn1C. The number of rotatable bonds is 20. The first-order chi connectivity index (χ1) is 17.0. The van der Waals surface area contributed by atoms with Crippen molar-refractivity contribution < 1.29 is 0 Å². The lowest BCUT2D eigenvalue weighted by molar-refractivity contribution is 0.540. The number of unbranched alkanes of at least 4 members (excludes halogenated alkanes) is 9. The van der Waals surface area contributed by atoms with Crippen molar-refractivity contribution in [1.82, 2.24) is 9.78 Å². The van der Waals surface area contributed by atoms with Gasteiger partial charge in [0.05, 0.1) is 0 Å². The number of thioether (sulfide) groups is 1. The number of nitrogen functional groups attached to an aromatic ring is 1. The van der Waals surface area contributed by atoms with E-state index in [0.717, 1.165) is 30.8 Å². The van der Waals surface area contributed by atoms with Crippen LogP contribution in [0.1, 0.15) is 102 Å². The average molecular weight is 519 g/mol. The Bertz CT molecular complexity index is 784. The Balaban J connectivity index is 1.38. The molecule has 35 heavy (non-hydrogen) atoms. The van der Waals surface area contributed by atoms with Crippen molar-refractivity contribution in [3.05, 3.63) is 41.5 Å². The Labute approximate surface area is 225 Å². The van der Waals surface area contributed by atoms with E-state index >= 15 is 0 Å². The molecule has 4 nitrogen and oxygen atoms in total. The third-order valence-electron chi connectivity index (χ3n) is 6.87. The van der Waals surface area contributed by atoms with Crippen molar-refractivity contribution in [2.75, 3.05) is 22.9 Å². The zero-order valence-electron chi connectivity index (χ0n) is 22.4. The molecule has 0 amide bonds. The molecule has 1 aliphatic rings. The second-order valence-electron chi connectivity index (χ2n) is 9.89. The summed E-state index contributed by atoms with van der Waals surface area (Å²) < 4.78 is 1.85. The van der Waals surface area contributed by atoms with Gasteiger partial charge in [-0.3, -0.25) is 4.68 Å². The van der Waals surface area contributed by atoms with Crippen molar-refractivity contribution in [2.24, 2.45) is 7.05 Å². The fraction of sp³-hybridized carbons (Fsp3) is 0.690. The normalized spacial score (nSPS) is 14.2. The monoisotopic (exact) mass is 518 g/mol. The van der Waals surface area contributed by atoms with Crippen LogP contribution in [0, 0.1) is 6.92 Å². The minimum atomic E-state index is 0.489. The van der Waals surface area contributed by atoms with Gasteiger partial charge >= 0.3 is 0 Å². The van der Waals surface area contributed by atoms with Gasteiger partial charge in [-0.15, -0.1) is 11.8 Å². The van der Waals surface area contributed by atoms with Crippen LogP contribution >= 0.6 is 24.4 Å². The van der Waals surface area contributed by atoms with Gasteiger partial charge in [0.1, 0.15) is 5.82 Å². The molecule has 0 aromatic carbocycles. The average Bonchev–Trinajstić information content (AvgIpc) is 3.11. The van der Waals surface area contributed by atoms with Crippen LogP contribution in [0.2, 0.25) is 0 Å². The highest BCUT2D eigenvalue weighted by molar-refractivity contribution is 8.03. The van der Waals surface area contributed by atoms with E-state index in [0.29, 0.717) is 11.1 Å². The third kappa shape index (κ3) is 12.0. The van der Waals surface area contributed by atoms with Crippen LogP contribution in [0.15, 0.2) is 35.9 Å². The van der Waals surface area contributed by atoms with E-state index < -0.39 is 0 Å². The van der Waals surface area contributed by atoms with Gasteiger partial charge in [-0.25, -0.2) is 0 Å². The highest BCUT2D eigenvalue weighted by atomic mass is 32.2. The van der Waals surface area contributed by atoms with Gasteiger partial charge in [0.15, 0.2) is 5.82 Å². The highest BCUT2D eigenvalue weighted by Gasteiger charge is 2.15. The van der Waals surface area contributed by atoms with Gasteiger partial charge in [-0.2, -0.15) is 17.7 Å². The number of allylic oxidation sites excluding steroid dienone is 3. The number of aromatic nitrogens is 2. The number of nitrogens with two attached hydrogens (primary N) is 1. The molecule has 1 unspecified atom stereocenters. The van der Waals surface area contributed by atoms with Crippen LogP contribution in [-0.2, 0) is 7.05 Å². The first kappa shape index (κ1) is 30.0. The summed E-state index contributed by atoms with van der Waals surface area (Å²) in [6, 6.07) is 0. The lowest BCUT2D eigenvalue weighted by Gasteiger charge is -2.21. The first-order valence-electron chi connectivity index (χ1n) is 13.9. The Morgan fingerprint density at radius 3 is 2.26 bits per heavy atom. The summed E-state index contributed by atoms with van der Waals surface area (Å²) in [5.74, 6) is 2.92. The van der Waals surface area contributed by atoms with Crippen LogP contribution in [0.4, 0.5) is 11.6 Å². The van der Waals surface area contributed by atoms with Crippen molar-refractivity contribution >= 4 is 36.0 Å². The maximum absolute atomic E-state index is 5.96. The first-order valence-corrected chi connectivity index (χ1v) is 15.4. The fourth-order valence-corrected chi connectivity index (χ4v) is 6.13. The van der Waals surface area contributed by atoms with E-state index in [1.807, 2.05) is 36.6 Å². The van der Waals surface area contributed by atoms with Gasteiger partial charge in [0.2, 0.25) is 0 Å². The zero-order valence-corrected chi connectivity index (χ0v) is 24.1. The molecular weight excluding hydrogens is 468 g/mol. The quantitative estimate of drug-likeness (QED) is 0.134. The molecule has 0 spiro atoms. The molecule has 0 saturated heterocycles. The van der Waals surface area contributed by atoms with Crippen LogP contribution in [0.3, 0.4) is 0 Å². The molecule has 1 heterocycles. The van der Waals surface area contributed by atoms with E-state index in [2.05, 4.69) is 34.8 Å².